The van der Waals surface area contributed by atoms with Crippen LogP contribution in [0.5, 0.6) is 0 Å². The second kappa shape index (κ2) is 5.85. The first-order chi connectivity index (χ1) is 10.1. The van der Waals surface area contributed by atoms with E-state index in [-0.39, 0.29) is 12.3 Å². The first-order valence-corrected chi connectivity index (χ1v) is 7.92. The maximum Gasteiger partial charge on any atom is 0.322 e. The van der Waals surface area contributed by atoms with E-state index >= 15 is 0 Å². The molecule has 2 aliphatic rings. The molecule has 0 aromatic carbocycles. The molecule has 0 bridgehead atoms. The molecule has 3 N–H and O–H groups in total. The average molecular weight is 307 g/mol. The number of hydrogen-bond acceptors (Lipinski definition) is 4. The van der Waals surface area contributed by atoms with E-state index in [1.54, 1.807) is 11.3 Å². The third kappa shape index (κ3) is 3.24. The van der Waals surface area contributed by atoms with Crippen LogP contribution in [0.3, 0.4) is 0 Å². The minimum atomic E-state index is -0.756. The van der Waals surface area contributed by atoms with E-state index in [1.165, 1.54) is 23.3 Å². The summed E-state index contributed by atoms with van der Waals surface area (Å²) in [5, 5.41) is 7.34. The molecular weight excluding hydrogens is 290 g/mol. The summed E-state index contributed by atoms with van der Waals surface area (Å²) >= 11 is 1.76. The Hall–Kier alpha value is -1.89. The average Bonchev–Trinajstić information content (AvgIpc) is 2.99. The number of amides is 4. The van der Waals surface area contributed by atoms with Gasteiger partial charge in [0.1, 0.15) is 6.04 Å². The van der Waals surface area contributed by atoms with Gasteiger partial charge < -0.3 is 10.6 Å². The highest BCUT2D eigenvalue weighted by Crippen LogP contribution is 2.29. The fourth-order valence-corrected chi connectivity index (χ4v) is 3.89. The Kier molecular flexibility index (Phi) is 3.92. The van der Waals surface area contributed by atoms with E-state index in [0.29, 0.717) is 6.54 Å². The molecule has 3 rings (SSSR count). The maximum absolute atomic E-state index is 11.8. The van der Waals surface area contributed by atoms with Crippen molar-refractivity contribution in [3.63, 3.8) is 0 Å². The van der Waals surface area contributed by atoms with Crippen molar-refractivity contribution in [2.24, 2.45) is 0 Å². The second-order valence-electron chi connectivity index (χ2n) is 5.36. The monoisotopic (exact) mass is 307 g/mol. The van der Waals surface area contributed by atoms with Gasteiger partial charge in [-0.05, 0) is 37.3 Å². The van der Waals surface area contributed by atoms with E-state index in [9.17, 15) is 14.4 Å². The van der Waals surface area contributed by atoms with Crippen LogP contribution in [0.25, 0.3) is 0 Å². The standard InChI is InChI=1S/C14H17N3O3S/c18-12(6-10-13(19)17-14(20)16-10)15-7-9-5-8-3-1-2-4-11(8)21-9/h5,10H,1-4,6-7H2,(H,15,18)(H2,16,17,19,20). The van der Waals surface area contributed by atoms with Gasteiger partial charge in [0.15, 0.2) is 0 Å². The Morgan fingerprint density at radius 3 is 2.86 bits per heavy atom. The number of aryl methyl sites for hydroxylation is 2. The van der Waals surface area contributed by atoms with Crippen LogP contribution >= 0.6 is 11.3 Å². The van der Waals surface area contributed by atoms with Crippen molar-refractivity contribution in [2.45, 2.75) is 44.7 Å². The molecule has 21 heavy (non-hydrogen) atoms. The summed E-state index contributed by atoms with van der Waals surface area (Å²) < 4.78 is 0. The number of carbonyl (C=O) groups excluding carboxylic acids is 3. The van der Waals surface area contributed by atoms with Crippen molar-refractivity contribution >= 4 is 29.2 Å². The van der Waals surface area contributed by atoms with Crippen LogP contribution in [-0.2, 0) is 29.0 Å². The number of hydrogen-bond donors (Lipinski definition) is 3. The van der Waals surface area contributed by atoms with Crippen molar-refractivity contribution in [1.82, 2.24) is 16.0 Å². The van der Waals surface area contributed by atoms with E-state index in [4.69, 9.17) is 0 Å². The van der Waals surface area contributed by atoms with Gasteiger partial charge in [0.2, 0.25) is 5.91 Å². The molecule has 1 aliphatic heterocycles. The lowest BCUT2D eigenvalue weighted by molar-refractivity contribution is -0.126. The van der Waals surface area contributed by atoms with E-state index < -0.39 is 18.0 Å². The fraction of sp³-hybridized carbons (Fsp3) is 0.500. The zero-order valence-corrected chi connectivity index (χ0v) is 12.3. The number of imide groups is 1. The third-order valence-electron chi connectivity index (χ3n) is 3.76. The predicted octanol–water partition coefficient (Wildman–Crippen LogP) is 0.841. The van der Waals surface area contributed by atoms with Crippen LogP contribution in [0.15, 0.2) is 6.07 Å². The molecule has 6 nitrogen and oxygen atoms in total. The number of rotatable bonds is 4. The van der Waals surface area contributed by atoms with Gasteiger partial charge in [-0.25, -0.2) is 4.79 Å². The number of thiophene rings is 1. The lowest BCUT2D eigenvalue weighted by atomic mass is 9.99. The van der Waals surface area contributed by atoms with Crippen LogP contribution in [-0.4, -0.2) is 23.9 Å². The first kappa shape index (κ1) is 14.1. The molecule has 112 valence electrons. The van der Waals surface area contributed by atoms with Crippen LogP contribution < -0.4 is 16.0 Å². The van der Waals surface area contributed by atoms with Crippen LogP contribution in [0.1, 0.15) is 34.6 Å². The third-order valence-corrected chi connectivity index (χ3v) is 4.99. The normalized spacial score (nSPS) is 20.7. The summed E-state index contributed by atoms with van der Waals surface area (Å²) in [6.07, 6.45) is 4.74. The lowest BCUT2D eigenvalue weighted by Crippen LogP contribution is -2.35. The van der Waals surface area contributed by atoms with Gasteiger partial charge in [0.05, 0.1) is 13.0 Å². The molecule has 0 radical (unpaired) electrons. The topological polar surface area (TPSA) is 87.3 Å². The Morgan fingerprint density at radius 1 is 1.33 bits per heavy atom. The summed E-state index contributed by atoms with van der Waals surface area (Å²) in [5.41, 5.74) is 1.41. The largest absolute Gasteiger partial charge is 0.351 e. The fourth-order valence-electron chi connectivity index (χ4n) is 2.69. The Bertz CT molecular complexity index is 573. The van der Waals surface area contributed by atoms with Crippen molar-refractivity contribution < 1.29 is 14.4 Å². The minimum Gasteiger partial charge on any atom is -0.351 e. The highest BCUT2D eigenvalue weighted by molar-refractivity contribution is 7.12. The van der Waals surface area contributed by atoms with Crippen molar-refractivity contribution in [2.75, 3.05) is 0 Å². The maximum atomic E-state index is 11.8. The number of carbonyl (C=O) groups is 3. The molecular formula is C14H17N3O3S. The molecule has 2 heterocycles. The van der Waals surface area contributed by atoms with Gasteiger partial charge in [-0.3, -0.25) is 14.9 Å². The van der Waals surface area contributed by atoms with Crippen molar-refractivity contribution in [3.8, 4) is 0 Å². The highest BCUT2D eigenvalue weighted by Gasteiger charge is 2.31. The van der Waals surface area contributed by atoms with Gasteiger partial charge >= 0.3 is 6.03 Å². The van der Waals surface area contributed by atoms with Gasteiger partial charge in [0, 0.05) is 9.75 Å². The smallest absolute Gasteiger partial charge is 0.322 e. The number of nitrogens with one attached hydrogen (secondary N) is 3. The molecule has 1 fully saturated rings. The zero-order chi connectivity index (χ0) is 14.8. The van der Waals surface area contributed by atoms with Gasteiger partial charge in [-0.1, -0.05) is 0 Å². The van der Waals surface area contributed by atoms with Crippen molar-refractivity contribution in [1.29, 1.82) is 0 Å². The molecule has 4 amide bonds. The molecule has 1 unspecified atom stereocenters. The first-order valence-electron chi connectivity index (χ1n) is 7.10. The highest BCUT2D eigenvalue weighted by atomic mass is 32.1. The lowest BCUT2D eigenvalue weighted by Gasteiger charge is -2.08. The minimum absolute atomic E-state index is 0.0251. The van der Waals surface area contributed by atoms with Gasteiger partial charge in [0.25, 0.3) is 5.91 Å². The quantitative estimate of drug-likeness (QED) is 0.720. The number of urea groups is 1. The molecule has 1 aromatic rings. The van der Waals surface area contributed by atoms with Gasteiger partial charge in [-0.15, -0.1) is 11.3 Å². The zero-order valence-electron chi connectivity index (χ0n) is 11.5. The summed E-state index contributed by atoms with van der Waals surface area (Å²) in [5.74, 6) is -0.676. The summed E-state index contributed by atoms with van der Waals surface area (Å²) in [4.78, 5) is 36.7. The molecule has 7 heteroatoms. The van der Waals surface area contributed by atoms with Crippen LogP contribution in [0.2, 0.25) is 0 Å². The van der Waals surface area contributed by atoms with Crippen molar-refractivity contribution in [3.05, 3.63) is 21.4 Å². The molecule has 1 saturated heterocycles. The summed E-state index contributed by atoms with van der Waals surface area (Å²) in [6.45, 7) is 0.485. The molecule has 1 aromatic heterocycles. The van der Waals surface area contributed by atoms with E-state index in [0.717, 1.165) is 17.7 Å². The van der Waals surface area contributed by atoms with Crippen LogP contribution in [0, 0.1) is 0 Å². The Labute approximate surface area is 126 Å². The van der Waals surface area contributed by atoms with Crippen LogP contribution in [0.4, 0.5) is 4.79 Å². The summed E-state index contributed by atoms with van der Waals surface area (Å²) in [6, 6.07) is 0.876. The molecule has 0 spiro atoms. The van der Waals surface area contributed by atoms with E-state index in [2.05, 4.69) is 22.0 Å². The molecule has 1 aliphatic carbocycles. The Balaban J connectivity index is 1.50. The second-order valence-corrected chi connectivity index (χ2v) is 6.59. The SMILES string of the molecule is O=C(CC1NC(=O)NC1=O)NCc1cc2c(s1)CCCC2. The molecule has 0 saturated carbocycles. The predicted molar refractivity (Wildman–Crippen MR) is 77.9 cm³/mol. The Morgan fingerprint density at radius 2 is 2.14 bits per heavy atom. The molecule has 1 atom stereocenters. The van der Waals surface area contributed by atoms with E-state index in [1.807, 2.05) is 0 Å². The summed E-state index contributed by atoms with van der Waals surface area (Å²) in [7, 11) is 0. The van der Waals surface area contributed by atoms with Gasteiger partial charge in [-0.2, -0.15) is 0 Å². The number of fused-ring (bicyclic) bond motifs is 1.